The van der Waals surface area contributed by atoms with E-state index in [-0.39, 0.29) is 6.04 Å². The lowest BCUT2D eigenvalue weighted by atomic mass is 10.0. The zero-order chi connectivity index (χ0) is 14.7. The van der Waals surface area contributed by atoms with Gasteiger partial charge in [0.05, 0.1) is 26.7 Å². The van der Waals surface area contributed by atoms with Crippen molar-refractivity contribution >= 4 is 34.7 Å². The number of halogens is 2. The molecule has 3 N–H and O–H groups in total. The zero-order valence-corrected chi connectivity index (χ0v) is 13.6. The first-order chi connectivity index (χ1) is 9.52. The van der Waals surface area contributed by atoms with Crippen molar-refractivity contribution in [2.75, 3.05) is 0 Å². The molecule has 0 fully saturated rings. The number of hydrogen-bond donors (Lipinski definition) is 2. The molecule has 1 aromatic carbocycles. The van der Waals surface area contributed by atoms with Crippen LogP contribution in [0.3, 0.4) is 0 Å². The Morgan fingerprint density at radius 1 is 1.30 bits per heavy atom. The Morgan fingerprint density at radius 3 is 2.65 bits per heavy atom. The smallest absolute Gasteiger partial charge is 0.0829 e. The minimum Gasteiger partial charge on any atom is -0.271 e. The van der Waals surface area contributed by atoms with Gasteiger partial charge in [0.15, 0.2) is 0 Å². The summed E-state index contributed by atoms with van der Waals surface area (Å²) in [7, 11) is 0. The molecule has 4 nitrogen and oxygen atoms in total. The first-order valence-electron chi connectivity index (χ1n) is 6.25. The van der Waals surface area contributed by atoms with Crippen LogP contribution in [-0.2, 0) is 6.42 Å². The topological polar surface area (TPSA) is 63.8 Å². The molecule has 0 saturated heterocycles. The van der Waals surface area contributed by atoms with Crippen LogP contribution in [0.4, 0.5) is 0 Å². The van der Waals surface area contributed by atoms with Gasteiger partial charge < -0.3 is 0 Å². The summed E-state index contributed by atoms with van der Waals surface area (Å²) < 4.78 is 4.03. The molecule has 0 bridgehead atoms. The Hall–Kier alpha value is -0.720. The van der Waals surface area contributed by atoms with E-state index in [1.165, 1.54) is 11.5 Å². The maximum Gasteiger partial charge on any atom is 0.0829 e. The molecule has 0 aliphatic carbocycles. The fourth-order valence-corrected chi connectivity index (χ4v) is 3.16. The van der Waals surface area contributed by atoms with Crippen molar-refractivity contribution in [3.05, 3.63) is 44.4 Å². The molecule has 1 heterocycles. The van der Waals surface area contributed by atoms with E-state index in [2.05, 4.69) is 28.9 Å². The van der Waals surface area contributed by atoms with Crippen LogP contribution in [0.1, 0.15) is 41.9 Å². The second-order valence-corrected chi connectivity index (χ2v) is 6.45. The highest BCUT2D eigenvalue weighted by Gasteiger charge is 2.20. The molecule has 0 amide bonds. The van der Waals surface area contributed by atoms with Crippen molar-refractivity contribution in [3.63, 3.8) is 0 Å². The summed E-state index contributed by atoms with van der Waals surface area (Å²) in [5, 5.41) is 5.28. The fourth-order valence-electron chi connectivity index (χ4n) is 1.98. The maximum absolute atomic E-state index is 6.04. The van der Waals surface area contributed by atoms with Crippen LogP contribution in [0.15, 0.2) is 18.2 Å². The van der Waals surface area contributed by atoms with Crippen molar-refractivity contribution in [1.82, 2.24) is 15.0 Å². The van der Waals surface area contributed by atoms with E-state index >= 15 is 0 Å². The van der Waals surface area contributed by atoms with Crippen molar-refractivity contribution in [1.29, 1.82) is 0 Å². The van der Waals surface area contributed by atoms with Crippen LogP contribution >= 0.6 is 34.7 Å². The van der Waals surface area contributed by atoms with Crippen LogP contribution < -0.4 is 11.3 Å². The first-order valence-corrected chi connectivity index (χ1v) is 7.78. The van der Waals surface area contributed by atoms with E-state index in [0.29, 0.717) is 22.4 Å². The Balaban J connectivity index is 2.24. The lowest BCUT2D eigenvalue weighted by Crippen LogP contribution is -2.29. The highest BCUT2D eigenvalue weighted by Crippen LogP contribution is 2.30. The minimum absolute atomic E-state index is 0.0374. The largest absolute Gasteiger partial charge is 0.271 e. The third-order valence-corrected chi connectivity index (χ3v) is 4.62. The average Bonchev–Trinajstić information content (AvgIpc) is 2.89. The van der Waals surface area contributed by atoms with Gasteiger partial charge in [-0.3, -0.25) is 11.3 Å². The zero-order valence-electron chi connectivity index (χ0n) is 11.2. The third kappa shape index (κ3) is 3.48. The lowest BCUT2D eigenvalue weighted by Gasteiger charge is -2.16. The SMILES string of the molecule is CC(C)c1nnsc1C(Cc1ccc(Cl)c(Cl)c1)NN. The maximum atomic E-state index is 6.04. The molecule has 2 rings (SSSR count). The second-order valence-electron chi connectivity index (χ2n) is 4.85. The van der Waals surface area contributed by atoms with Gasteiger partial charge in [-0.1, -0.05) is 47.6 Å². The van der Waals surface area contributed by atoms with Crippen molar-refractivity contribution in [2.45, 2.75) is 32.2 Å². The monoisotopic (exact) mass is 330 g/mol. The van der Waals surface area contributed by atoms with Gasteiger partial charge in [0.25, 0.3) is 0 Å². The van der Waals surface area contributed by atoms with Crippen molar-refractivity contribution in [2.24, 2.45) is 5.84 Å². The van der Waals surface area contributed by atoms with E-state index in [1.54, 1.807) is 6.07 Å². The molecule has 7 heteroatoms. The summed E-state index contributed by atoms with van der Waals surface area (Å²) in [6.45, 7) is 4.18. The Kier molecular flexibility index (Phi) is 5.35. The number of aromatic nitrogens is 2. The number of benzene rings is 1. The van der Waals surface area contributed by atoms with Gasteiger partial charge in [-0.2, -0.15) is 0 Å². The average molecular weight is 331 g/mol. The molecular formula is C13H16Cl2N4S. The molecule has 108 valence electrons. The lowest BCUT2D eigenvalue weighted by molar-refractivity contribution is 0.551. The standard InChI is InChI=1S/C13H16Cl2N4S/c1-7(2)12-13(20-19-18-12)11(17-16)6-8-3-4-9(14)10(15)5-8/h3-5,7,11,17H,6,16H2,1-2H3. The summed E-state index contributed by atoms with van der Waals surface area (Å²) in [4.78, 5) is 1.06. The predicted octanol–water partition coefficient (Wildman–Crippen LogP) is 3.72. The molecule has 0 spiro atoms. The van der Waals surface area contributed by atoms with Crippen LogP contribution in [0.5, 0.6) is 0 Å². The third-order valence-electron chi connectivity index (χ3n) is 3.03. The summed E-state index contributed by atoms with van der Waals surface area (Å²) in [6.07, 6.45) is 0.705. The first kappa shape index (κ1) is 15.7. The van der Waals surface area contributed by atoms with Crippen LogP contribution in [0, 0.1) is 0 Å². The van der Waals surface area contributed by atoms with Crippen molar-refractivity contribution in [3.8, 4) is 0 Å². The molecule has 20 heavy (non-hydrogen) atoms. The number of nitrogens with zero attached hydrogens (tertiary/aromatic N) is 2. The number of hydrogen-bond acceptors (Lipinski definition) is 5. The quantitative estimate of drug-likeness (QED) is 0.647. The van der Waals surface area contributed by atoms with Gasteiger partial charge >= 0.3 is 0 Å². The van der Waals surface area contributed by atoms with Gasteiger partial charge in [-0.05, 0) is 41.6 Å². The molecule has 0 saturated carbocycles. The number of nitrogens with two attached hydrogens (primary N) is 1. The van der Waals surface area contributed by atoms with Gasteiger partial charge in [-0.25, -0.2) is 0 Å². The summed E-state index contributed by atoms with van der Waals surface area (Å²) in [5.41, 5.74) is 4.88. The molecule has 1 unspecified atom stereocenters. The van der Waals surface area contributed by atoms with Gasteiger partial charge in [-0.15, -0.1) is 5.10 Å². The van der Waals surface area contributed by atoms with E-state index < -0.39 is 0 Å². The predicted molar refractivity (Wildman–Crippen MR) is 84.2 cm³/mol. The number of hydrazine groups is 1. The molecular weight excluding hydrogens is 315 g/mol. The molecule has 1 aromatic heterocycles. The molecule has 0 radical (unpaired) electrons. The van der Waals surface area contributed by atoms with Crippen LogP contribution in [0.2, 0.25) is 10.0 Å². The summed E-state index contributed by atoms with van der Waals surface area (Å²) in [5.74, 6) is 6.00. The van der Waals surface area contributed by atoms with E-state index in [1.807, 2.05) is 12.1 Å². The minimum atomic E-state index is -0.0374. The molecule has 2 aromatic rings. The second kappa shape index (κ2) is 6.83. The fraction of sp³-hybridized carbons (Fsp3) is 0.385. The summed E-state index contributed by atoms with van der Waals surface area (Å²) >= 11 is 13.3. The van der Waals surface area contributed by atoms with Gasteiger partial charge in [0.2, 0.25) is 0 Å². The normalized spacial score (nSPS) is 12.9. The Labute approximate surface area is 132 Å². The molecule has 1 atom stereocenters. The number of nitrogens with one attached hydrogen (secondary N) is 1. The van der Waals surface area contributed by atoms with Gasteiger partial charge in [0, 0.05) is 0 Å². The Bertz CT molecular complexity index is 586. The summed E-state index contributed by atoms with van der Waals surface area (Å²) in [6, 6.07) is 5.56. The molecule has 0 aliphatic heterocycles. The van der Waals surface area contributed by atoms with E-state index in [4.69, 9.17) is 29.0 Å². The Morgan fingerprint density at radius 2 is 2.05 bits per heavy atom. The van der Waals surface area contributed by atoms with E-state index in [9.17, 15) is 0 Å². The van der Waals surface area contributed by atoms with Crippen LogP contribution in [-0.4, -0.2) is 9.59 Å². The van der Waals surface area contributed by atoms with Crippen molar-refractivity contribution < 1.29 is 0 Å². The highest BCUT2D eigenvalue weighted by molar-refractivity contribution is 7.05. The van der Waals surface area contributed by atoms with E-state index in [0.717, 1.165) is 16.1 Å². The van der Waals surface area contributed by atoms with Crippen LogP contribution in [0.25, 0.3) is 0 Å². The molecule has 0 aliphatic rings. The van der Waals surface area contributed by atoms with Gasteiger partial charge in [0.1, 0.15) is 0 Å². The highest BCUT2D eigenvalue weighted by atomic mass is 35.5. The number of rotatable bonds is 5.